The predicted molar refractivity (Wildman–Crippen MR) is 77.3 cm³/mol. The van der Waals surface area contributed by atoms with E-state index in [-0.39, 0.29) is 0 Å². The van der Waals surface area contributed by atoms with Crippen molar-refractivity contribution in [2.24, 2.45) is 11.8 Å². The van der Waals surface area contributed by atoms with Gasteiger partial charge in [-0.15, -0.1) is 5.10 Å². The van der Waals surface area contributed by atoms with Gasteiger partial charge in [0.25, 0.3) is 0 Å². The summed E-state index contributed by atoms with van der Waals surface area (Å²) in [6.45, 7) is 6.59. The zero-order chi connectivity index (χ0) is 13.8. The summed E-state index contributed by atoms with van der Waals surface area (Å²) in [6.07, 6.45) is 7.07. The average Bonchev–Trinajstić information content (AvgIpc) is 2.70. The van der Waals surface area contributed by atoms with Gasteiger partial charge in [-0.25, -0.2) is 4.68 Å². The SMILES string of the molecule is Cc1nnn2c1COCC(CNCC1CCCCC1)C2. The Hall–Kier alpha value is -0.940. The third kappa shape index (κ3) is 3.38. The summed E-state index contributed by atoms with van der Waals surface area (Å²) < 4.78 is 7.80. The topological polar surface area (TPSA) is 52.0 Å². The maximum Gasteiger partial charge on any atom is 0.0904 e. The Morgan fingerprint density at radius 2 is 2.00 bits per heavy atom. The number of nitrogens with zero attached hydrogens (tertiary/aromatic N) is 3. The fourth-order valence-corrected chi connectivity index (χ4v) is 3.37. The Balaban J connectivity index is 1.46. The molecule has 0 amide bonds. The van der Waals surface area contributed by atoms with Crippen LogP contribution in [-0.2, 0) is 17.9 Å². The Bertz CT molecular complexity index is 426. The van der Waals surface area contributed by atoms with Crippen molar-refractivity contribution >= 4 is 0 Å². The molecular formula is C15H26N4O. The molecular weight excluding hydrogens is 252 g/mol. The van der Waals surface area contributed by atoms with Crippen LogP contribution in [0.15, 0.2) is 0 Å². The smallest absolute Gasteiger partial charge is 0.0904 e. The third-order valence-electron chi connectivity index (χ3n) is 4.65. The molecule has 1 N–H and O–H groups in total. The van der Waals surface area contributed by atoms with E-state index in [0.717, 1.165) is 37.0 Å². The lowest BCUT2D eigenvalue weighted by Gasteiger charge is -2.23. The van der Waals surface area contributed by atoms with Gasteiger partial charge in [0.15, 0.2) is 0 Å². The molecule has 1 fully saturated rings. The lowest BCUT2D eigenvalue weighted by molar-refractivity contribution is 0.0932. The molecule has 2 aliphatic rings. The van der Waals surface area contributed by atoms with Crippen molar-refractivity contribution < 1.29 is 4.74 Å². The van der Waals surface area contributed by atoms with Crippen molar-refractivity contribution in [3.05, 3.63) is 11.4 Å². The number of nitrogens with one attached hydrogen (secondary N) is 1. The first-order valence-corrected chi connectivity index (χ1v) is 8.00. The summed E-state index contributed by atoms with van der Waals surface area (Å²) in [6, 6.07) is 0. The number of hydrogen-bond donors (Lipinski definition) is 1. The summed E-state index contributed by atoms with van der Waals surface area (Å²) in [7, 11) is 0. The van der Waals surface area contributed by atoms with E-state index in [1.165, 1.54) is 38.6 Å². The van der Waals surface area contributed by atoms with Crippen LogP contribution >= 0.6 is 0 Å². The Morgan fingerprint density at radius 3 is 2.85 bits per heavy atom. The summed E-state index contributed by atoms with van der Waals surface area (Å²) in [5.41, 5.74) is 2.14. The average molecular weight is 278 g/mol. The van der Waals surface area contributed by atoms with Crippen molar-refractivity contribution in [2.75, 3.05) is 19.7 Å². The number of ether oxygens (including phenoxy) is 1. The highest BCUT2D eigenvalue weighted by Gasteiger charge is 2.20. The molecule has 1 aromatic heterocycles. The van der Waals surface area contributed by atoms with Gasteiger partial charge in [0, 0.05) is 19.0 Å². The second kappa shape index (κ2) is 6.68. The second-order valence-electron chi connectivity index (χ2n) is 6.35. The minimum absolute atomic E-state index is 0.501. The minimum atomic E-state index is 0.501. The van der Waals surface area contributed by atoms with Gasteiger partial charge in [-0.05, 0) is 32.2 Å². The van der Waals surface area contributed by atoms with Crippen molar-refractivity contribution in [1.82, 2.24) is 20.3 Å². The number of hydrogen-bond acceptors (Lipinski definition) is 4. The van der Waals surface area contributed by atoms with E-state index in [1.54, 1.807) is 0 Å². The molecule has 112 valence electrons. The molecule has 3 rings (SSSR count). The van der Waals surface area contributed by atoms with Gasteiger partial charge in [-0.2, -0.15) is 0 Å². The molecule has 2 heterocycles. The van der Waals surface area contributed by atoms with Gasteiger partial charge in [0.2, 0.25) is 0 Å². The molecule has 20 heavy (non-hydrogen) atoms. The monoisotopic (exact) mass is 278 g/mol. The molecule has 1 aromatic rings. The lowest BCUT2D eigenvalue weighted by atomic mass is 9.89. The molecule has 1 unspecified atom stereocenters. The maximum absolute atomic E-state index is 5.77. The zero-order valence-corrected chi connectivity index (χ0v) is 12.5. The van der Waals surface area contributed by atoms with E-state index in [2.05, 4.69) is 15.6 Å². The number of rotatable bonds is 4. The number of aryl methyl sites for hydroxylation is 1. The van der Waals surface area contributed by atoms with Gasteiger partial charge < -0.3 is 10.1 Å². The van der Waals surface area contributed by atoms with Crippen LogP contribution < -0.4 is 5.32 Å². The first-order chi connectivity index (χ1) is 9.83. The third-order valence-corrected chi connectivity index (χ3v) is 4.65. The maximum atomic E-state index is 5.77. The quantitative estimate of drug-likeness (QED) is 0.914. The van der Waals surface area contributed by atoms with Crippen molar-refractivity contribution in [3.8, 4) is 0 Å². The van der Waals surface area contributed by atoms with E-state index < -0.39 is 0 Å². The van der Waals surface area contributed by atoms with E-state index in [9.17, 15) is 0 Å². The fraction of sp³-hybridized carbons (Fsp3) is 0.867. The summed E-state index contributed by atoms with van der Waals surface area (Å²) in [5.74, 6) is 1.39. The molecule has 0 aromatic carbocycles. The standard InChI is InChI=1S/C15H26N4O/c1-12-15-11-20-10-14(9-19(15)18-17-12)8-16-7-13-5-3-2-4-6-13/h13-14,16H,2-11H2,1H3. The molecule has 0 saturated heterocycles. The van der Waals surface area contributed by atoms with Crippen LogP contribution in [0, 0.1) is 18.8 Å². The molecule has 1 aliphatic heterocycles. The summed E-state index contributed by atoms with van der Waals surface area (Å²) >= 11 is 0. The first kappa shape index (κ1) is 14.0. The van der Waals surface area contributed by atoms with Crippen LogP contribution in [0.3, 0.4) is 0 Å². The molecule has 0 radical (unpaired) electrons. The molecule has 1 saturated carbocycles. The van der Waals surface area contributed by atoms with Crippen LogP contribution in [0.5, 0.6) is 0 Å². The Labute approximate surface area is 121 Å². The highest BCUT2D eigenvalue weighted by molar-refractivity contribution is 5.07. The highest BCUT2D eigenvalue weighted by atomic mass is 16.5. The van der Waals surface area contributed by atoms with E-state index in [0.29, 0.717) is 12.5 Å². The van der Waals surface area contributed by atoms with E-state index in [4.69, 9.17) is 4.74 Å². The van der Waals surface area contributed by atoms with Gasteiger partial charge in [-0.3, -0.25) is 0 Å². The molecule has 1 atom stereocenters. The van der Waals surface area contributed by atoms with Crippen LogP contribution in [-0.4, -0.2) is 34.7 Å². The molecule has 5 heteroatoms. The van der Waals surface area contributed by atoms with Crippen LogP contribution in [0.4, 0.5) is 0 Å². The molecule has 1 aliphatic carbocycles. The first-order valence-electron chi connectivity index (χ1n) is 8.00. The molecule has 5 nitrogen and oxygen atoms in total. The van der Waals surface area contributed by atoms with Gasteiger partial charge in [-0.1, -0.05) is 24.5 Å². The van der Waals surface area contributed by atoms with Gasteiger partial charge in [0.1, 0.15) is 0 Å². The molecule has 0 spiro atoms. The van der Waals surface area contributed by atoms with Crippen LogP contribution in [0.2, 0.25) is 0 Å². The van der Waals surface area contributed by atoms with E-state index in [1.807, 2.05) is 11.6 Å². The van der Waals surface area contributed by atoms with Crippen LogP contribution in [0.25, 0.3) is 0 Å². The fourth-order valence-electron chi connectivity index (χ4n) is 3.37. The molecule has 0 bridgehead atoms. The van der Waals surface area contributed by atoms with Gasteiger partial charge in [0.05, 0.1) is 24.6 Å². The van der Waals surface area contributed by atoms with Crippen molar-refractivity contribution in [2.45, 2.75) is 52.2 Å². The summed E-state index contributed by atoms with van der Waals surface area (Å²) in [4.78, 5) is 0. The lowest BCUT2D eigenvalue weighted by Crippen LogP contribution is -2.32. The number of aromatic nitrogens is 3. The normalized spacial score (nSPS) is 24.4. The van der Waals surface area contributed by atoms with E-state index >= 15 is 0 Å². The van der Waals surface area contributed by atoms with Gasteiger partial charge >= 0.3 is 0 Å². The highest BCUT2D eigenvalue weighted by Crippen LogP contribution is 2.23. The van der Waals surface area contributed by atoms with Crippen molar-refractivity contribution in [3.63, 3.8) is 0 Å². The minimum Gasteiger partial charge on any atom is -0.375 e. The second-order valence-corrected chi connectivity index (χ2v) is 6.35. The number of fused-ring (bicyclic) bond motifs is 1. The largest absolute Gasteiger partial charge is 0.375 e. The van der Waals surface area contributed by atoms with Crippen molar-refractivity contribution in [1.29, 1.82) is 0 Å². The Morgan fingerprint density at radius 1 is 1.20 bits per heavy atom. The summed E-state index contributed by atoms with van der Waals surface area (Å²) in [5, 5.41) is 12.0. The Kier molecular flexibility index (Phi) is 4.68. The predicted octanol–water partition coefficient (Wildman–Crippen LogP) is 1.90. The van der Waals surface area contributed by atoms with Crippen LogP contribution in [0.1, 0.15) is 43.5 Å². The zero-order valence-electron chi connectivity index (χ0n) is 12.5.